The SMILES string of the molecule is O=C([O-])CCCNC(=O)Cn1c(=O)[nH]c2ccccc2c1=O. The molecule has 116 valence electrons. The fraction of sp³-hybridized carbons (Fsp3) is 0.286. The first kappa shape index (κ1) is 15.5. The largest absolute Gasteiger partial charge is 0.550 e. The zero-order valence-corrected chi connectivity index (χ0v) is 11.6. The zero-order chi connectivity index (χ0) is 16.1. The molecule has 0 fully saturated rings. The molecule has 1 heterocycles. The number of hydrogen-bond acceptors (Lipinski definition) is 5. The molecule has 2 N–H and O–H groups in total. The number of carboxylic acid groups (broad SMARTS) is 1. The van der Waals surface area contributed by atoms with Gasteiger partial charge in [-0.05, 0) is 25.0 Å². The van der Waals surface area contributed by atoms with Crippen LogP contribution in [0.4, 0.5) is 0 Å². The molecule has 0 saturated heterocycles. The van der Waals surface area contributed by atoms with Gasteiger partial charge in [0.2, 0.25) is 5.91 Å². The highest BCUT2D eigenvalue weighted by atomic mass is 16.4. The van der Waals surface area contributed by atoms with Gasteiger partial charge in [0.25, 0.3) is 5.56 Å². The molecular weight excluding hydrogens is 290 g/mol. The minimum Gasteiger partial charge on any atom is -0.550 e. The van der Waals surface area contributed by atoms with Crippen molar-refractivity contribution in [2.75, 3.05) is 6.54 Å². The summed E-state index contributed by atoms with van der Waals surface area (Å²) in [7, 11) is 0. The standard InChI is InChI=1S/C14H15N3O5/c18-11(15-7-3-6-12(19)20)8-17-13(21)9-4-1-2-5-10(9)16-14(17)22/h1-2,4-5H,3,6-8H2,(H,15,18)(H,16,22)(H,19,20)/p-1. The lowest BCUT2D eigenvalue weighted by atomic mass is 10.2. The maximum absolute atomic E-state index is 12.2. The van der Waals surface area contributed by atoms with E-state index in [1.807, 2.05) is 0 Å². The first-order valence-corrected chi connectivity index (χ1v) is 6.67. The smallest absolute Gasteiger partial charge is 0.329 e. The van der Waals surface area contributed by atoms with Crippen LogP contribution in [0.5, 0.6) is 0 Å². The number of hydrogen-bond donors (Lipinski definition) is 2. The van der Waals surface area contributed by atoms with E-state index in [-0.39, 0.29) is 19.4 Å². The van der Waals surface area contributed by atoms with Crippen LogP contribution in [0.1, 0.15) is 12.8 Å². The van der Waals surface area contributed by atoms with Gasteiger partial charge in [0, 0.05) is 12.5 Å². The molecule has 8 heteroatoms. The second kappa shape index (κ2) is 6.70. The highest BCUT2D eigenvalue weighted by Gasteiger charge is 2.10. The number of rotatable bonds is 6. The second-order valence-corrected chi connectivity index (χ2v) is 4.69. The van der Waals surface area contributed by atoms with Crippen molar-refractivity contribution >= 4 is 22.8 Å². The molecule has 1 aromatic heterocycles. The summed E-state index contributed by atoms with van der Waals surface area (Å²) in [6.07, 6.45) is 0.0494. The van der Waals surface area contributed by atoms with Gasteiger partial charge in [-0.15, -0.1) is 0 Å². The normalized spacial score (nSPS) is 10.5. The van der Waals surface area contributed by atoms with Crippen LogP contribution in [-0.2, 0) is 16.1 Å². The predicted octanol–water partition coefficient (Wildman–Crippen LogP) is -1.66. The number of para-hydroxylation sites is 1. The maximum Gasteiger partial charge on any atom is 0.329 e. The molecule has 0 atom stereocenters. The minimum absolute atomic E-state index is 0.132. The Labute approximate surface area is 124 Å². The number of nitrogens with one attached hydrogen (secondary N) is 2. The third kappa shape index (κ3) is 3.60. The molecule has 0 radical (unpaired) electrons. The zero-order valence-electron chi connectivity index (χ0n) is 11.6. The summed E-state index contributed by atoms with van der Waals surface area (Å²) in [6.45, 7) is -0.294. The number of nitrogens with zero attached hydrogens (tertiary/aromatic N) is 1. The number of H-pyrrole nitrogens is 1. The van der Waals surface area contributed by atoms with Crippen LogP contribution < -0.4 is 21.7 Å². The Hall–Kier alpha value is -2.90. The van der Waals surface area contributed by atoms with Crippen molar-refractivity contribution in [3.63, 3.8) is 0 Å². The summed E-state index contributed by atoms with van der Waals surface area (Å²) in [5.74, 6) is -1.74. The van der Waals surface area contributed by atoms with E-state index in [2.05, 4.69) is 10.3 Å². The summed E-state index contributed by atoms with van der Waals surface area (Å²) in [5, 5.41) is 13.0. The van der Waals surface area contributed by atoms with Crippen LogP contribution in [0.15, 0.2) is 33.9 Å². The molecule has 0 aliphatic heterocycles. The molecule has 8 nitrogen and oxygen atoms in total. The number of benzene rings is 1. The highest BCUT2D eigenvalue weighted by Crippen LogP contribution is 2.02. The number of aliphatic carboxylic acids is 1. The number of amides is 1. The van der Waals surface area contributed by atoms with Crippen molar-refractivity contribution in [2.45, 2.75) is 19.4 Å². The van der Waals surface area contributed by atoms with E-state index in [1.54, 1.807) is 24.3 Å². The van der Waals surface area contributed by atoms with Crippen LogP contribution >= 0.6 is 0 Å². The molecule has 0 saturated carbocycles. The van der Waals surface area contributed by atoms with Crippen LogP contribution in [-0.4, -0.2) is 28.0 Å². The summed E-state index contributed by atoms with van der Waals surface area (Å²) in [5.41, 5.74) is -0.819. The molecule has 0 aliphatic rings. The van der Waals surface area contributed by atoms with Gasteiger partial charge >= 0.3 is 5.69 Å². The van der Waals surface area contributed by atoms with Crippen LogP contribution in [0, 0.1) is 0 Å². The summed E-state index contributed by atoms with van der Waals surface area (Å²) < 4.78 is 0.802. The number of carbonyl (C=O) groups is 2. The lowest BCUT2D eigenvalue weighted by Crippen LogP contribution is -2.40. The third-order valence-electron chi connectivity index (χ3n) is 3.07. The number of fused-ring (bicyclic) bond motifs is 1. The number of aromatic amines is 1. The first-order valence-electron chi connectivity index (χ1n) is 6.67. The Morgan fingerprint density at radius 3 is 2.68 bits per heavy atom. The minimum atomic E-state index is -1.20. The molecule has 0 spiro atoms. The van der Waals surface area contributed by atoms with E-state index in [1.165, 1.54) is 0 Å². The van der Waals surface area contributed by atoms with Crippen LogP contribution in [0.25, 0.3) is 10.9 Å². The molecule has 2 aromatic rings. The fourth-order valence-corrected chi connectivity index (χ4v) is 2.00. The van der Waals surface area contributed by atoms with Gasteiger partial charge < -0.3 is 20.2 Å². The van der Waals surface area contributed by atoms with E-state index in [4.69, 9.17) is 0 Å². The van der Waals surface area contributed by atoms with E-state index in [9.17, 15) is 24.3 Å². The Morgan fingerprint density at radius 1 is 1.23 bits per heavy atom. The van der Waals surface area contributed by atoms with E-state index < -0.39 is 29.7 Å². The van der Waals surface area contributed by atoms with Crippen molar-refractivity contribution < 1.29 is 14.7 Å². The van der Waals surface area contributed by atoms with Gasteiger partial charge in [-0.2, -0.15) is 0 Å². The Kier molecular flexibility index (Phi) is 4.72. The molecule has 0 unspecified atom stereocenters. The van der Waals surface area contributed by atoms with E-state index in [0.29, 0.717) is 10.9 Å². The quantitative estimate of drug-likeness (QED) is 0.618. The molecule has 0 bridgehead atoms. The van der Waals surface area contributed by atoms with Gasteiger partial charge in [-0.25, -0.2) is 4.79 Å². The molecule has 0 aliphatic carbocycles. The van der Waals surface area contributed by atoms with Gasteiger partial charge in [-0.1, -0.05) is 12.1 Å². The lowest BCUT2D eigenvalue weighted by Gasteiger charge is -2.08. The van der Waals surface area contributed by atoms with Gasteiger partial charge in [0.15, 0.2) is 0 Å². The van der Waals surface area contributed by atoms with Crippen molar-refractivity contribution in [3.8, 4) is 0 Å². The van der Waals surface area contributed by atoms with Crippen molar-refractivity contribution in [1.82, 2.24) is 14.9 Å². The Bertz CT molecular complexity index is 821. The molecule has 2 rings (SSSR count). The topological polar surface area (TPSA) is 124 Å². The first-order chi connectivity index (χ1) is 10.5. The third-order valence-corrected chi connectivity index (χ3v) is 3.07. The molecule has 22 heavy (non-hydrogen) atoms. The fourth-order valence-electron chi connectivity index (χ4n) is 2.00. The van der Waals surface area contributed by atoms with Gasteiger partial charge in [0.05, 0.1) is 10.9 Å². The van der Waals surface area contributed by atoms with Gasteiger partial charge in [0.1, 0.15) is 6.54 Å². The van der Waals surface area contributed by atoms with Crippen molar-refractivity contribution in [2.24, 2.45) is 0 Å². The summed E-state index contributed by atoms with van der Waals surface area (Å²) >= 11 is 0. The predicted molar refractivity (Wildman–Crippen MR) is 76.1 cm³/mol. The number of aromatic nitrogens is 2. The lowest BCUT2D eigenvalue weighted by molar-refractivity contribution is -0.305. The van der Waals surface area contributed by atoms with Gasteiger partial charge in [-0.3, -0.25) is 14.2 Å². The van der Waals surface area contributed by atoms with Crippen LogP contribution in [0.3, 0.4) is 0 Å². The average molecular weight is 304 g/mol. The number of carboxylic acids is 1. The molecular formula is C14H14N3O5-. The molecule has 1 aromatic carbocycles. The van der Waals surface area contributed by atoms with E-state index >= 15 is 0 Å². The highest BCUT2D eigenvalue weighted by molar-refractivity contribution is 5.78. The van der Waals surface area contributed by atoms with Crippen molar-refractivity contribution in [3.05, 3.63) is 45.1 Å². The Morgan fingerprint density at radius 2 is 1.95 bits per heavy atom. The average Bonchev–Trinajstić information content (AvgIpc) is 2.48. The van der Waals surface area contributed by atoms with Crippen LogP contribution in [0.2, 0.25) is 0 Å². The van der Waals surface area contributed by atoms with E-state index in [0.717, 1.165) is 4.57 Å². The van der Waals surface area contributed by atoms with Crippen molar-refractivity contribution in [1.29, 1.82) is 0 Å². The molecule has 1 amide bonds. The monoisotopic (exact) mass is 304 g/mol. The summed E-state index contributed by atoms with van der Waals surface area (Å²) in [4.78, 5) is 48.5. The summed E-state index contributed by atoms with van der Waals surface area (Å²) in [6, 6.07) is 6.50. The number of carbonyl (C=O) groups excluding carboxylic acids is 2. The second-order valence-electron chi connectivity index (χ2n) is 4.69. The Balaban J connectivity index is 2.11. The maximum atomic E-state index is 12.2.